The first-order valence-corrected chi connectivity index (χ1v) is 5.88. The van der Waals surface area contributed by atoms with Gasteiger partial charge in [0.2, 0.25) is 5.95 Å². The summed E-state index contributed by atoms with van der Waals surface area (Å²) in [6.45, 7) is 6.48. The molecule has 1 rings (SSSR count). The predicted octanol–water partition coefficient (Wildman–Crippen LogP) is 0.854. The zero-order valence-corrected chi connectivity index (χ0v) is 10.9. The highest BCUT2D eigenvalue weighted by Crippen LogP contribution is 2.13. The van der Waals surface area contributed by atoms with Crippen molar-refractivity contribution < 1.29 is 9.53 Å². The van der Waals surface area contributed by atoms with Gasteiger partial charge in [-0.05, 0) is 20.8 Å². The Bertz CT molecular complexity index is 410. The van der Waals surface area contributed by atoms with Gasteiger partial charge >= 0.3 is 5.97 Å². The van der Waals surface area contributed by atoms with Crippen molar-refractivity contribution in [3.05, 3.63) is 6.07 Å². The number of carbonyl (C=O) groups excluding carboxylic acids is 1. The number of nitrogen functional groups attached to an aromatic ring is 1. The molecule has 7 nitrogen and oxygen atoms in total. The van der Waals surface area contributed by atoms with Crippen LogP contribution in [0.3, 0.4) is 0 Å². The lowest BCUT2D eigenvalue weighted by Crippen LogP contribution is -2.28. The number of esters is 1. The van der Waals surface area contributed by atoms with Gasteiger partial charge < -0.3 is 21.1 Å². The molecule has 0 bridgehead atoms. The van der Waals surface area contributed by atoms with Crippen LogP contribution in [-0.4, -0.2) is 35.1 Å². The quantitative estimate of drug-likeness (QED) is 0.646. The monoisotopic (exact) mass is 253 g/mol. The van der Waals surface area contributed by atoms with Crippen LogP contribution in [0.5, 0.6) is 0 Å². The Balaban J connectivity index is 2.74. The topological polar surface area (TPSA) is 102 Å². The van der Waals surface area contributed by atoms with Crippen molar-refractivity contribution in [2.24, 2.45) is 0 Å². The van der Waals surface area contributed by atoms with E-state index in [1.807, 2.05) is 6.92 Å². The van der Waals surface area contributed by atoms with Crippen molar-refractivity contribution in [2.75, 3.05) is 29.5 Å². The molecule has 4 N–H and O–H groups in total. The standard InChI is InChI=1S/C11H19N5O2/c1-4-13-8-6-9(16-11(12)15-8)14-7(3)10(17)18-5-2/h6-7H,4-5H2,1-3H3,(H4,12,13,14,15,16). The Hall–Kier alpha value is -2.05. The molecule has 18 heavy (non-hydrogen) atoms. The fraction of sp³-hybridized carbons (Fsp3) is 0.545. The number of hydrogen-bond donors (Lipinski definition) is 3. The second kappa shape index (κ2) is 6.63. The van der Waals surface area contributed by atoms with E-state index in [2.05, 4.69) is 20.6 Å². The Morgan fingerprint density at radius 3 is 2.72 bits per heavy atom. The third kappa shape index (κ3) is 4.08. The van der Waals surface area contributed by atoms with Gasteiger partial charge in [-0.1, -0.05) is 0 Å². The summed E-state index contributed by atoms with van der Waals surface area (Å²) in [5, 5.41) is 5.95. The molecule has 0 aromatic carbocycles. The number of aromatic nitrogens is 2. The number of nitrogens with zero attached hydrogens (tertiary/aromatic N) is 2. The van der Waals surface area contributed by atoms with E-state index < -0.39 is 6.04 Å². The van der Waals surface area contributed by atoms with E-state index in [0.717, 1.165) is 6.54 Å². The first kappa shape index (κ1) is 14.0. The fourth-order valence-corrected chi connectivity index (χ4v) is 1.36. The lowest BCUT2D eigenvalue weighted by Gasteiger charge is -2.14. The van der Waals surface area contributed by atoms with Crippen LogP contribution in [0.4, 0.5) is 17.6 Å². The van der Waals surface area contributed by atoms with E-state index in [1.165, 1.54) is 0 Å². The zero-order chi connectivity index (χ0) is 13.5. The van der Waals surface area contributed by atoms with Crippen molar-refractivity contribution >= 4 is 23.6 Å². The molecule has 0 amide bonds. The van der Waals surface area contributed by atoms with Crippen molar-refractivity contribution in [1.29, 1.82) is 0 Å². The van der Waals surface area contributed by atoms with Gasteiger partial charge in [0.25, 0.3) is 0 Å². The summed E-state index contributed by atoms with van der Waals surface area (Å²) in [4.78, 5) is 19.5. The number of rotatable bonds is 6. The minimum atomic E-state index is -0.492. The largest absolute Gasteiger partial charge is 0.464 e. The van der Waals surface area contributed by atoms with Gasteiger partial charge in [0.15, 0.2) is 0 Å². The zero-order valence-electron chi connectivity index (χ0n) is 10.9. The summed E-state index contributed by atoms with van der Waals surface area (Å²) in [6, 6.07) is 1.20. The minimum absolute atomic E-state index is 0.145. The van der Waals surface area contributed by atoms with E-state index in [1.54, 1.807) is 19.9 Å². The lowest BCUT2D eigenvalue weighted by molar-refractivity contribution is -0.143. The van der Waals surface area contributed by atoms with Gasteiger partial charge in [0.05, 0.1) is 6.61 Å². The van der Waals surface area contributed by atoms with Crippen LogP contribution in [0, 0.1) is 0 Å². The summed E-state index contributed by atoms with van der Waals surface area (Å²) >= 11 is 0. The molecule has 1 unspecified atom stereocenters. The fourth-order valence-electron chi connectivity index (χ4n) is 1.36. The molecule has 0 aliphatic carbocycles. The van der Waals surface area contributed by atoms with Crippen LogP contribution in [0.25, 0.3) is 0 Å². The highest BCUT2D eigenvalue weighted by atomic mass is 16.5. The Morgan fingerprint density at radius 2 is 2.11 bits per heavy atom. The highest BCUT2D eigenvalue weighted by Gasteiger charge is 2.14. The smallest absolute Gasteiger partial charge is 0.328 e. The maximum absolute atomic E-state index is 11.5. The van der Waals surface area contributed by atoms with E-state index in [4.69, 9.17) is 10.5 Å². The molecule has 0 saturated heterocycles. The van der Waals surface area contributed by atoms with Crippen LogP contribution in [0.2, 0.25) is 0 Å². The molecule has 1 atom stereocenters. The van der Waals surface area contributed by atoms with Crippen molar-refractivity contribution in [2.45, 2.75) is 26.8 Å². The predicted molar refractivity (Wildman–Crippen MR) is 70.3 cm³/mol. The van der Waals surface area contributed by atoms with Crippen molar-refractivity contribution in [3.8, 4) is 0 Å². The van der Waals surface area contributed by atoms with Crippen LogP contribution >= 0.6 is 0 Å². The molecule has 1 aromatic heterocycles. The third-order valence-corrected chi connectivity index (χ3v) is 2.11. The first-order valence-electron chi connectivity index (χ1n) is 5.88. The molecule has 7 heteroatoms. The number of anilines is 3. The summed E-state index contributed by atoms with van der Waals surface area (Å²) < 4.78 is 4.89. The van der Waals surface area contributed by atoms with Gasteiger partial charge in [-0.25, -0.2) is 4.79 Å². The lowest BCUT2D eigenvalue weighted by atomic mass is 10.3. The summed E-state index contributed by atoms with van der Waals surface area (Å²) in [5.41, 5.74) is 5.58. The number of hydrogen-bond acceptors (Lipinski definition) is 7. The number of nitrogens with one attached hydrogen (secondary N) is 2. The van der Waals surface area contributed by atoms with E-state index in [0.29, 0.717) is 18.2 Å². The molecule has 0 spiro atoms. The Labute approximate surface area is 106 Å². The van der Waals surface area contributed by atoms with E-state index >= 15 is 0 Å². The van der Waals surface area contributed by atoms with E-state index in [9.17, 15) is 4.79 Å². The van der Waals surface area contributed by atoms with Gasteiger partial charge in [-0.15, -0.1) is 0 Å². The average Bonchev–Trinajstić information content (AvgIpc) is 2.28. The molecule has 0 aliphatic rings. The molecule has 1 aromatic rings. The van der Waals surface area contributed by atoms with Gasteiger partial charge in [0.1, 0.15) is 17.7 Å². The van der Waals surface area contributed by atoms with E-state index in [-0.39, 0.29) is 11.9 Å². The molecule has 0 saturated carbocycles. The number of carbonyl (C=O) groups is 1. The van der Waals surface area contributed by atoms with Crippen molar-refractivity contribution in [3.63, 3.8) is 0 Å². The van der Waals surface area contributed by atoms with Gasteiger partial charge in [0, 0.05) is 12.6 Å². The molecule has 1 heterocycles. The molecule has 0 fully saturated rings. The summed E-state index contributed by atoms with van der Waals surface area (Å²) in [5.74, 6) is 0.911. The summed E-state index contributed by atoms with van der Waals surface area (Å²) in [7, 11) is 0. The van der Waals surface area contributed by atoms with Crippen LogP contribution in [0.15, 0.2) is 6.07 Å². The number of ether oxygens (including phenoxy) is 1. The average molecular weight is 253 g/mol. The Morgan fingerprint density at radius 1 is 1.44 bits per heavy atom. The van der Waals surface area contributed by atoms with Gasteiger partial charge in [-0.3, -0.25) is 0 Å². The van der Waals surface area contributed by atoms with Crippen LogP contribution in [0.1, 0.15) is 20.8 Å². The Kier molecular flexibility index (Phi) is 5.16. The second-order valence-corrected chi connectivity index (χ2v) is 3.65. The molecular weight excluding hydrogens is 234 g/mol. The maximum atomic E-state index is 11.5. The maximum Gasteiger partial charge on any atom is 0.328 e. The third-order valence-electron chi connectivity index (χ3n) is 2.11. The first-order chi connectivity index (χ1) is 8.56. The molecule has 0 radical (unpaired) electrons. The molecular formula is C11H19N5O2. The second-order valence-electron chi connectivity index (χ2n) is 3.65. The SMILES string of the molecule is CCNc1cc(NC(C)C(=O)OCC)nc(N)n1. The minimum Gasteiger partial charge on any atom is -0.464 e. The van der Waals surface area contributed by atoms with Crippen LogP contribution in [-0.2, 0) is 9.53 Å². The summed E-state index contributed by atoms with van der Waals surface area (Å²) in [6.07, 6.45) is 0. The molecule has 0 aliphatic heterocycles. The number of nitrogens with two attached hydrogens (primary N) is 1. The highest BCUT2D eigenvalue weighted by molar-refractivity contribution is 5.78. The van der Waals surface area contributed by atoms with Gasteiger partial charge in [-0.2, -0.15) is 9.97 Å². The molecule has 100 valence electrons. The normalized spacial score (nSPS) is 11.7. The van der Waals surface area contributed by atoms with Crippen LogP contribution < -0.4 is 16.4 Å². The van der Waals surface area contributed by atoms with Crippen molar-refractivity contribution in [1.82, 2.24) is 9.97 Å².